The number of aryl methyl sites for hydroxylation is 1. The van der Waals surface area contributed by atoms with Crippen LogP contribution in [0.25, 0.3) is 11.0 Å². The number of aromatic amines is 1. The number of aromatic nitrogens is 5. The molecule has 0 saturated heterocycles. The Balaban J connectivity index is 1.66. The quantitative estimate of drug-likeness (QED) is 0.712. The minimum Gasteiger partial charge on any atom is -0.476 e. The Kier molecular flexibility index (Phi) is 3.08. The summed E-state index contributed by atoms with van der Waals surface area (Å²) >= 11 is 0. The first-order chi connectivity index (χ1) is 11.5. The average molecular weight is 326 g/mol. The zero-order valence-electron chi connectivity index (χ0n) is 12.9. The molecule has 1 aliphatic rings. The maximum Gasteiger partial charge on any atom is 0.356 e. The molecule has 9 heteroatoms. The summed E-state index contributed by atoms with van der Waals surface area (Å²) in [6.07, 6.45) is 0.573. The Hall–Kier alpha value is -3.23. The van der Waals surface area contributed by atoms with Crippen LogP contribution in [0.1, 0.15) is 32.1 Å². The minimum atomic E-state index is -1.08. The third-order valence-electron chi connectivity index (χ3n) is 4.30. The van der Waals surface area contributed by atoms with Gasteiger partial charge in [-0.05, 0) is 18.2 Å². The van der Waals surface area contributed by atoms with Gasteiger partial charge in [0.05, 0.1) is 6.54 Å². The Bertz CT molecular complexity index is 973. The zero-order valence-corrected chi connectivity index (χ0v) is 12.9. The van der Waals surface area contributed by atoms with Gasteiger partial charge in [-0.15, -0.1) is 0 Å². The van der Waals surface area contributed by atoms with Gasteiger partial charge in [-0.3, -0.25) is 9.48 Å². The summed E-state index contributed by atoms with van der Waals surface area (Å²) in [7, 11) is 1.72. The lowest BCUT2D eigenvalue weighted by Crippen LogP contribution is -2.36. The van der Waals surface area contributed by atoms with Crippen LogP contribution in [0, 0.1) is 0 Å². The summed E-state index contributed by atoms with van der Waals surface area (Å²) in [5.41, 5.74) is 3.28. The fourth-order valence-corrected chi connectivity index (χ4v) is 3.09. The van der Waals surface area contributed by atoms with Crippen LogP contribution in [0.3, 0.4) is 0 Å². The number of fused-ring (bicyclic) bond motifs is 2. The van der Waals surface area contributed by atoms with Crippen molar-refractivity contribution in [3.63, 3.8) is 0 Å². The second kappa shape index (κ2) is 5.15. The van der Waals surface area contributed by atoms with E-state index in [0.29, 0.717) is 35.1 Å². The molecule has 0 bridgehead atoms. The molecule has 0 saturated carbocycles. The van der Waals surface area contributed by atoms with Crippen molar-refractivity contribution in [2.75, 3.05) is 6.54 Å². The van der Waals surface area contributed by atoms with Gasteiger partial charge in [0, 0.05) is 36.8 Å². The predicted octanol–water partition coefficient (Wildman–Crippen LogP) is 0.588. The largest absolute Gasteiger partial charge is 0.476 e. The monoisotopic (exact) mass is 326 g/mol. The molecular weight excluding hydrogens is 312 g/mol. The molecule has 3 aromatic rings. The van der Waals surface area contributed by atoms with Gasteiger partial charge in [-0.1, -0.05) is 0 Å². The van der Waals surface area contributed by atoms with Gasteiger partial charge in [0.25, 0.3) is 5.91 Å². The Labute approximate surface area is 135 Å². The topological polar surface area (TPSA) is 117 Å². The zero-order chi connectivity index (χ0) is 16.8. The second-order valence-corrected chi connectivity index (χ2v) is 5.71. The van der Waals surface area contributed by atoms with Crippen LogP contribution in [0.15, 0.2) is 18.2 Å². The first-order valence-corrected chi connectivity index (χ1v) is 7.42. The normalized spacial score (nSPS) is 14.0. The van der Waals surface area contributed by atoms with Crippen LogP contribution in [-0.2, 0) is 20.0 Å². The van der Waals surface area contributed by atoms with E-state index in [1.165, 1.54) is 0 Å². The summed E-state index contributed by atoms with van der Waals surface area (Å²) in [4.78, 5) is 25.7. The second-order valence-electron chi connectivity index (χ2n) is 5.71. The smallest absolute Gasteiger partial charge is 0.356 e. The van der Waals surface area contributed by atoms with Crippen molar-refractivity contribution >= 4 is 22.9 Å². The van der Waals surface area contributed by atoms with Crippen LogP contribution in [0.4, 0.5) is 0 Å². The van der Waals surface area contributed by atoms with E-state index in [2.05, 4.69) is 20.5 Å². The van der Waals surface area contributed by atoms with Gasteiger partial charge in [0.1, 0.15) is 11.0 Å². The molecular formula is C15H14N6O3. The summed E-state index contributed by atoms with van der Waals surface area (Å²) in [5, 5.41) is 23.8. The van der Waals surface area contributed by atoms with Crippen molar-refractivity contribution in [3.8, 4) is 0 Å². The summed E-state index contributed by atoms with van der Waals surface area (Å²) in [6.45, 7) is 0.752. The number of amides is 1. The number of H-pyrrole nitrogens is 1. The third-order valence-corrected chi connectivity index (χ3v) is 4.30. The number of nitrogens with one attached hydrogen (secondary N) is 1. The molecule has 1 aromatic carbocycles. The number of hydrogen-bond acceptors (Lipinski definition) is 5. The van der Waals surface area contributed by atoms with E-state index in [4.69, 9.17) is 0 Å². The summed E-state index contributed by atoms with van der Waals surface area (Å²) in [5.74, 6) is -1.24. The van der Waals surface area contributed by atoms with Crippen molar-refractivity contribution < 1.29 is 14.7 Å². The van der Waals surface area contributed by atoms with E-state index < -0.39 is 5.97 Å². The standard InChI is InChI=1S/C15H14N6O3/c1-20-12-4-5-21(7-9(12)13(18-20)15(23)24)14(22)8-2-3-10-11(6-8)17-19-16-10/h2-3,6H,4-5,7H2,1H3,(H,23,24)(H,16,17,19). The van der Waals surface area contributed by atoms with E-state index in [1.54, 1.807) is 34.8 Å². The van der Waals surface area contributed by atoms with Crippen molar-refractivity contribution in [2.24, 2.45) is 7.05 Å². The van der Waals surface area contributed by atoms with Crippen molar-refractivity contribution in [1.82, 2.24) is 30.1 Å². The van der Waals surface area contributed by atoms with Crippen LogP contribution >= 0.6 is 0 Å². The fraction of sp³-hybridized carbons (Fsp3) is 0.267. The Morgan fingerprint density at radius 3 is 2.83 bits per heavy atom. The van der Waals surface area contributed by atoms with E-state index >= 15 is 0 Å². The molecule has 24 heavy (non-hydrogen) atoms. The Morgan fingerprint density at radius 2 is 2.04 bits per heavy atom. The molecule has 1 amide bonds. The SMILES string of the molecule is Cn1nc(C(=O)O)c2c1CCN(C(=O)c1ccc3n[nH]nc3c1)C2. The number of aromatic carboxylic acids is 1. The van der Waals surface area contributed by atoms with Crippen LogP contribution < -0.4 is 0 Å². The van der Waals surface area contributed by atoms with Crippen molar-refractivity contribution in [1.29, 1.82) is 0 Å². The predicted molar refractivity (Wildman–Crippen MR) is 82.5 cm³/mol. The van der Waals surface area contributed by atoms with Gasteiger partial charge < -0.3 is 10.0 Å². The number of hydrogen-bond donors (Lipinski definition) is 2. The molecule has 0 aliphatic carbocycles. The molecule has 1 aliphatic heterocycles. The molecule has 122 valence electrons. The Morgan fingerprint density at radius 1 is 1.25 bits per heavy atom. The van der Waals surface area contributed by atoms with E-state index in [9.17, 15) is 14.7 Å². The number of nitrogens with zero attached hydrogens (tertiary/aromatic N) is 5. The number of carboxylic acids is 1. The molecule has 0 fully saturated rings. The van der Waals surface area contributed by atoms with Gasteiger partial charge in [0.2, 0.25) is 0 Å². The average Bonchev–Trinajstić information content (AvgIpc) is 3.17. The molecule has 0 spiro atoms. The first-order valence-electron chi connectivity index (χ1n) is 7.42. The molecule has 3 heterocycles. The summed E-state index contributed by atoms with van der Waals surface area (Å²) in [6, 6.07) is 5.11. The molecule has 4 rings (SSSR count). The number of carboxylic acid groups (broad SMARTS) is 1. The third kappa shape index (κ3) is 2.13. The molecule has 0 radical (unpaired) electrons. The highest BCUT2D eigenvalue weighted by molar-refractivity contribution is 5.97. The number of carbonyl (C=O) groups excluding carboxylic acids is 1. The number of benzene rings is 1. The van der Waals surface area contributed by atoms with Crippen LogP contribution in [-0.4, -0.2) is 53.6 Å². The first kappa shape index (κ1) is 14.4. The number of carbonyl (C=O) groups is 2. The molecule has 0 atom stereocenters. The highest BCUT2D eigenvalue weighted by atomic mass is 16.4. The maximum absolute atomic E-state index is 12.8. The van der Waals surface area contributed by atoms with Crippen molar-refractivity contribution in [3.05, 3.63) is 40.7 Å². The van der Waals surface area contributed by atoms with Gasteiger partial charge in [-0.25, -0.2) is 4.79 Å². The highest BCUT2D eigenvalue weighted by Gasteiger charge is 2.29. The van der Waals surface area contributed by atoms with Crippen molar-refractivity contribution in [2.45, 2.75) is 13.0 Å². The maximum atomic E-state index is 12.8. The lowest BCUT2D eigenvalue weighted by Gasteiger charge is -2.27. The molecule has 2 aromatic heterocycles. The van der Waals surface area contributed by atoms with E-state index in [0.717, 1.165) is 5.69 Å². The lowest BCUT2D eigenvalue weighted by molar-refractivity contribution is 0.0674. The van der Waals surface area contributed by atoms with E-state index in [-0.39, 0.29) is 18.1 Å². The van der Waals surface area contributed by atoms with E-state index in [1.807, 2.05) is 0 Å². The van der Waals surface area contributed by atoms with Crippen LogP contribution in [0.5, 0.6) is 0 Å². The molecule has 9 nitrogen and oxygen atoms in total. The van der Waals surface area contributed by atoms with Gasteiger partial charge in [-0.2, -0.15) is 20.5 Å². The number of rotatable bonds is 2. The fourth-order valence-electron chi connectivity index (χ4n) is 3.09. The molecule has 2 N–H and O–H groups in total. The van der Waals surface area contributed by atoms with Gasteiger partial charge >= 0.3 is 5.97 Å². The molecule has 0 unspecified atom stereocenters. The van der Waals surface area contributed by atoms with Crippen LogP contribution in [0.2, 0.25) is 0 Å². The highest BCUT2D eigenvalue weighted by Crippen LogP contribution is 2.24. The van der Waals surface area contributed by atoms with Gasteiger partial charge in [0.15, 0.2) is 5.69 Å². The lowest BCUT2D eigenvalue weighted by atomic mass is 10.0. The summed E-state index contributed by atoms with van der Waals surface area (Å²) < 4.78 is 1.59. The minimum absolute atomic E-state index is 0.0111.